The molecule has 2 rings (SSSR count). The third-order valence-corrected chi connectivity index (χ3v) is 2.63. The Labute approximate surface area is 111 Å². The van der Waals surface area contributed by atoms with Gasteiger partial charge in [0.25, 0.3) is 0 Å². The van der Waals surface area contributed by atoms with Gasteiger partial charge >= 0.3 is 0 Å². The molecule has 2 aromatic rings. The first-order chi connectivity index (χ1) is 9.04. The second kappa shape index (κ2) is 5.39. The van der Waals surface area contributed by atoms with Crippen LogP contribution >= 0.6 is 0 Å². The minimum absolute atomic E-state index is 0.145. The number of carbonyl (C=O) groups is 1. The monoisotopic (exact) mass is 257 g/mol. The zero-order valence-corrected chi connectivity index (χ0v) is 10.6. The van der Waals surface area contributed by atoms with Gasteiger partial charge in [-0.25, -0.2) is 4.98 Å². The fraction of sp³-hybridized carbons (Fsp3) is 0.143. The number of aromatic hydroxyl groups is 1. The molecule has 0 atom stereocenters. The van der Waals surface area contributed by atoms with Gasteiger partial charge in [-0.15, -0.1) is 0 Å². The first kappa shape index (κ1) is 12.9. The summed E-state index contributed by atoms with van der Waals surface area (Å²) in [5.74, 6) is 0.456. The molecule has 1 amide bonds. The van der Waals surface area contributed by atoms with Crippen LogP contribution in [-0.4, -0.2) is 16.0 Å². The van der Waals surface area contributed by atoms with Crippen LogP contribution in [0.25, 0.3) is 0 Å². The van der Waals surface area contributed by atoms with E-state index in [1.165, 1.54) is 6.20 Å². The van der Waals surface area contributed by atoms with Crippen molar-refractivity contribution in [2.75, 3.05) is 11.1 Å². The summed E-state index contributed by atoms with van der Waals surface area (Å²) < 4.78 is 0. The van der Waals surface area contributed by atoms with Crippen molar-refractivity contribution in [3.05, 3.63) is 47.7 Å². The van der Waals surface area contributed by atoms with E-state index in [2.05, 4.69) is 10.3 Å². The molecule has 0 radical (unpaired) electrons. The van der Waals surface area contributed by atoms with Gasteiger partial charge in [0.1, 0.15) is 11.6 Å². The van der Waals surface area contributed by atoms with Gasteiger partial charge < -0.3 is 16.2 Å². The summed E-state index contributed by atoms with van der Waals surface area (Å²) in [6.07, 6.45) is 1.68. The number of aryl methyl sites for hydroxylation is 1. The number of nitrogen functional groups attached to an aromatic ring is 1. The molecule has 1 aromatic carbocycles. The smallest absolute Gasteiger partial charge is 0.229 e. The molecular weight excluding hydrogens is 242 g/mol. The zero-order chi connectivity index (χ0) is 13.8. The number of pyridine rings is 1. The summed E-state index contributed by atoms with van der Waals surface area (Å²) >= 11 is 0. The molecule has 0 unspecified atom stereocenters. The van der Waals surface area contributed by atoms with Gasteiger partial charge in [0.2, 0.25) is 5.91 Å². The Kier molecular flexibility index (Phi) is 3.66. The maximum absolute atomic E-state index is 11.9. The molecule has 0 spiro atoms. The van der Waals surface area contributed by atoms with E-state index in [-0.39, 0.29) is 18.1 Å². The predicted octanol–water partition coefficient (Wildman–Crippen LogP) is 1.86. The molecule has 0 aliphatic heterocycles. The summed E-state index contributed by atoms with van der Waals surface area (Å²) in [6, 6.07) is 8.35. The topological polar surface area (TPSA) is 88.2 Å². The van der Waals surface area contributed by atoms with E-state index in [1.807, 2.05) is 6.92 Å². The van der Waals surface area contributed by atoms with Gasteiger partial charge in [-0.1, -0.05) is 12.1 Å². The van der Waals surface area contributed by atoms with Gasteiger partial charge in [-0.05, 0) is 36.2 Å². The Morgan fingerprint density at radius 1 is 1.42 bits per heavy atom. The van der Waals surface area contributed by atoms with E-state index in [1.54, 1.807) is 30.3 Å². The maximum atomic E-state index is 11.9. The number of nitrogens with two attached hydrogens (primary N) is 1. The second-order valence-electron chi connectivity index (χ2n) is 4.33. The predicted molar refractivity (Wildman–Crippen MR) is 73.8 cm³/mol. The zero-order valence-electron chi connectivity index (χ0n) is 10.6. The fourth-order valence-electron chi connectivity index (χ4n) is 1.76. The third-order valence-electron chi connectivity index (χ3n) is 2.63. The van der Waals surface area contributed by atoms with E-state index in [0.717, 1.165) is 11.1 Å². The Morgan fingerprint density at radius 2 is 2.21 bits per heavy atom. The van der Waals surface area contributed by atoms with Crippen molar-refractivity contribution in [1.29, 1.82) is 0 Å². The van der Waals surface area contributed by atoms with Gasteiger partial charge in [0.05, 0.1) is 18.3 Å². The number of amides is 1. The van der Waals surface area contributed by atoms with E-state index in [0.29, 0.717) is 11.5 Å². The van der Waals surface area contributed by atoms with Crippen molar-refractivity contribution in [1.82, 2.24) is 4.98 Å². The summed E-state index contributed by atoms with van der Waals surface area (Å²) in [5, 5.41) is 12.1. The molecule has 0 aliphatic carbocycles. The number of hydrogen-bond donors (Lipinski definition) is 3. The van der Waals surface area contributed by atoms with Crippen LogP contribution in [0.15, 0.2) is 36.5 Å². The summed E-state index contributed by atoms with van der Waals surface area (Å²) in [6.45, 7) is 1.83. The van der Waals surface area contributed by atoms with E-state index in [9.17, 15) is 9.90 Å². The van der Waals surface area contributed by atoms with Crippen molar-refractivity contribution >= 4 is 17.4 Å². The van der Waals surface area contributed by atoms with Gasteiger partial charge in [0, 0.05) is 0 Å². The average molecular weight is 257 g/mol. The number of nitrogens with zero attached hydrogens (tertiary/aromatic N) is 1. The Balaban J connectivity index is 2.05. The van der Waals surface area contributed by atoms with Crippen LogP contribution in [0.3, 0.4) is 0 Å². The molecule has 0 bridgehead atoms. The molecule has 5 heteroatoms. The molecule has 0 saturated carbocycles. The number of carbonyl (C=O) groups excluding carboxylic acids is 1. The Bertz CT molecular complexity index is 611. The minimum Gasteiger partial charge on any atom is -0.508 e. The van der Waals surface area contributed by atoms with Gasteiger partial charge in [-0.2, -0.15) is 0 Å². The van der Waals surface area contributed by atoms with E-state index < -0.39 is 0 Å². The van der Waals surface area contributed by atoms with Crippen LogP contribution in [-0.2, 0) is 11.2 Å². The average Bonchev–Trinajstić information content (AvgIpc) is 2.33. The maximum Gasteiger partial charge on any atom is 0.229 e. The lowest BCUT2D eigenvalue weighted by molar-refractivity contribution is -0.115. The lowest BCUT2D eigenvalue weighted by Gasteiger charge is -2.08. The van der Waals surface area contributed by atoms with E-state index in [4.69, 9.17) is 5.73 Å². The van der Waals surface area contributed by atoms with Crippen molar-refractivity contribution in [2.45, 2.75) is 13.3 Å². The lowest BCUT2D eigenvalue weighted by atomic mass is 10.1. The van der Waals surface area contributed by atoms with Crippen molar-refractivity contribution in [3.8, 4) is 5.75 Å². The van der Waals surface area contributed by atoms with Crippen LogP contribution in [0, 0.1) is 6.92 Å². The van der Waals surface area contributed by atoms with Crippen molar-refractivity contribution < 1.29 is 9.90 Å². The number of anilines is 2. The quantitative estimate of drug-likeness (QED) is 0.783. The Morgan fingerprint density at radius 3 is 2.89 bits per heavy atom. The number of phenols is 1. The molecule has 1 heterocycles. The second-order valence-corrected chi connectivity index (χ2v) is 4.33. The Hall–Kier alpha value is -2.56. The summed E-state index contributed by atoms with van der Waals surface area (Å²) in [4.78, 5) is 15.9. The van der Waals surface area contributed by atoms with Crippen molar-refractivity contribution in [2.24, 2.45) is 0 Å². The number of aromatic nitrogens is 1. The molecule has 4 N–H and O–H groups in total. The van der Waals surface area contributed by atoms with Gasteiger partial charge in [-0.3, -0.25) is 4.79 Å². The highest BCUT2D eigenvalue weighted by Gasteiger charge is 2.07. The molecule has 1 aromatic heterocycles. The minimum atomic E-state index is -0.189. The van der Waals surface area contributed by atoms with Crippen LogP contribution in [0.1, 0.15) is 11.1 Å². The number of hydrogen-bond acceptors (Lipinski definition) is 4. The number of benzene rings is 1. The largest absolute Gasteiger partial charge is 0.508 e. The first-order valence-electron chi connectivity index (χ1n) is 5.84. The summed E-state index contributed by atoms with van der Waals surface area (Å²) in [7, 11) is 0. The highest BCUT2D eigenvalue weighted by atomic mass is 16.3. The molecule has 19 heavy (non-hydrogen) atoms. The highest BCUT2D eigenvalue weighted by Crippen LogP contribution is 2.15. The van der Waals surface area contributed by atoms with Crippen LogP contribution in [0.2, 0.25) is 0 Å². The lowest BCUT2D eigenvalue weighted by Crippen LogP contribution is -2.16. The van der Waals surface area contributed by atoms with E-state index >= 15 is 0 Å². The van der Waals surface area contributed by atoms with Crippen LogP contribution < -0.4 is 11.1 Å². The fourth-order valence-corrected chi connectivity index (χ4v) is 1.76. The molecule has 0 fully saturated rings. The van der Waals surface area contributed by atoms with Crippen LogP contribution in [0.4, 0.5) is 11.5 Å². The number of rotatable bonds is 3. The standard InChI is InChI=1S/C14H15N3O2/c1-9-5-11(15)8-16-14(9)17-13(19)7-10-3-2-4-12(18)6-10/h2-6,8,18H,7,15H2,1H3,(H,16,17,19). The molecular formula is C14H15N3O2. The third kappa shape index (κ3) is 3.45. The van der Waals surface area contributed by atoms with Crippen molar-refractivity contribution in [3.63, 3.8) is 0 Å². The number of nitrogens with one attached hydrogen (secondary N) is 1. The normalized spacial score (nSPS) is 10.2. The van der Waals surface area contributed by atoms with Gasteiger partial charge in [0.15, 0.2) is 0 Å². The number of phenolic OH excluding ortho intramolecular Hbond substituents is 1. The highest BCUT2D eigenvalue weighted by molar-refractivity contribution is 5.92. The first-order valence-corrected chi connectivity index (χ1v) is 5.84. The molecule has 0 saturated heterocycles. The molecule has 0 aliphatic rings. The molecule has 5 nitrogen and oxygen atoms in total. The SMILES string of the molecule is Cc1cc(N)cnc1NC(=O)Cc1cccc(O)c1. The summed E-state index contributed by atoms with van der Waals surface area (Å²) in [5.41, 5.74) is 7.71. The molecule has 98 valence electrons. The van der Waals surface area contributed by atoms with Crippen LogP contribution in [0.5, 0.6) is 5.75 Å².